The van der Waals surface area contributed by atoms with Crippen molar-refractivity contribution in [3.63, 3.8) is 0 Å². The summed E-state index contributed by atoms with van der Waals surface area (Å²) in [5, 5.41) is 0. The van der Waals surface area contributed by atoms with Gasteiger partial charge in [0.25, 0.3) is 0 Å². The molecule has 0 bridgehead atoms. The first-order chi connectivity index (χ1) is 14.2. The maximum atomic E-state index is 12.2. The molecule has 3 rings (SSSR count). The van der Waals surface area contributed by atoms with Gasteiger partial charge in [0.2, 0.25) is 0 Å². The molecule has 0 unspecified atom stereocenters. The number of alkyl halides is 3. The lowest BCUT2D eigenvalue weighted by molar-refractivity contribution is -0.274. The quantitative estimate of drug-likeness (QED) is 0.198. The predicted molar refractivity (Wildman–Crippen MR) is 113 cm³/mol. The maximum Gasteiger partial charge on any atom is 0.573 e. The zero-order valence-corrected chi connectivity index (χ0v) is 18.4. The summed E-state index contributed by atoms with van der Waals surface area (Å²) in [5.41, 5.74) is 1.35. The molecule has 0 atom stereocenters. The van der Waals surface area contributed by atoms with Gasteiger partial charge in [-0.15, -0.1) is 13.2 Å². The second-order valence-electron chi connectivity index (χ2n) is 7.71. The summed E-state index contributed by atoms with van der Waals surface area (Å²) in [5.74, 6) is -0.162. The molecular weight excluding hydrogens is 433 g/mol. The Morgan fingerprint density at radius 1 is 1.03 bits per heavy atom. The van der Waals surface area contributed by atoms with Crippen molar-refractivity contribution >= 4 is 24.4 Å². The smallest absolute Gasteiger partial charge is 0.423 e. The Morgan fingerprint density at radius 3 is 2.13 bits per heavy atom. The Labute approximate surface area is 179 Å². The highest BCUT2D eigenvalue weighted by Crippen LogP contribution is 2.42. The van der Waals surface area contributed by atoms with Crippen molar-refractivity contribution in [3.05, 3.63) is 59.7 Å². The maximum absolute atomic E-state index is 12.2. The van der Waals surface area contributed by atoms with Crippen molar-refractivity contribution in [1.29, 1.82) is 0 Å². The van der Waals surface area contributed by atoms with Crippen LogP contribution in [0.4, 0.5) is 13.2 Å². The molecule has 1 aliphatic rings. The fourth-order valence-electron chi connectivity index (χ4n) is 3.93. The number of ether oxygens (including phenoxy) is 2. The number of rotatable bonds is 6. The van der Waals surface area contributed by atoms with Crippen LogP contribution in [0.15, 0.2) is 48.5 Å². The SMILES string of the molecule is CCC[Si]1(Cl)CCC(c2ccc(OC(=O)c3ccc(OC(F)(F)F)cc3)cc2)CC1. The van der Waals surface area contributed by atoms with Crippen molar-refractivity contribution in [2.75, 3.05) is 0 Å². The van der Waals surface area contributed by atoms with Crippen molar-refractivity contribution in [2.45, 2.75) is 56.6 Å². The van der Waals surface area contributed by atoms with Gasteiger partial charge in [-0.1, -0.05) is 25.5 Å². The highest BCUT2D eigenvalue weighted by molar-refractivity contribution is 7.20. The van der Waals surface area contributed by atoms with Crippen LogP contribution in [0.5, 0.6) is 11.5 Å². The third-order valence-electron chi connectivity index (χ3n) is 5.47. The first-order valence-electron chi connectivity index (χ1n) is 10.0. The second-order valence-corrected chi connectivity index (χ2v) is 13.9. The van der Waals surface area contributed by atoms with E-state index >= 15 is 0 Å². The Morgan fingerprint density at radius 2 is 1.60 bits per heavy atom. The molecule has 1 heterocycles. The zero-order valence-electron chi connectivity index (χ0n) is 16.7. The van der Waals surface area contributed by atoms with Gasteiger partial charge in [-0.3, -0.25) is 0 Å². The van der Waals surface area contributed by atoms with Crippen LogP contribution >= 0.6 is 11.1 Å². The van der Waals surface area contributed by atoms with Crippen molar-refractivity contribution in [3.8, 4) is 11.5 Å². The Bertz CT molecular complexity index is 845. The second kappa shape index (κ2) is 9.43. The number of hydrogen-bond donors (Lipinski definition) is 0. The summed E-state index contributed by atoms with van der Waals surface area (Å²) in [4.78, 5) is 12.2. The van der Waals surface area contributed by atoms with Crippen LogP contribution in [0.1, 0.15) is 48.0 Å². The van der Waals surface area contributed by atoms with Crippen molar-refractivity contribution in [2.24, 2.45) is 0 Å². The zero-order chi connectivity index (χ0) is 21.8. The molecule has 0 aliphatic carbocycles. The average Bonchev–Trinajstić information content (AvgIpc) is 2.69. The van der Waals surface area contributed by atoms with Crippen LogP contribution in [-0.4, -0.2) is 19.7 Å². The molecule has 0 radical (unpaired) electrons. The molecule has 0 amide bonds. The van der Waals surface area contributed by atoms with Gasteiger partial charge in [0, 0.05) is 0 Å². The van der Waals surface area contributed by atoms with Crippen LogP contribution in [-0.2, 0) is 0 Å². The highest BCUT2D eigenvalue weighted by atomic mass is 35.6. The summed E-state index contributed by atoms with van der Waals surface area (Å²) in [7, 11) is -1.57. The lowest BCUT2D eigenvalue weighted by Gasteiger charge is -2.33. The minimum Gasteiger partial charge on any atom is -0.423 e. The molecular formula is C22H24ClF3O3Si. The molecule has 0 N–H and O–H groups in total. The van der Waals surface area contributed by atoms with Gasteiger partial charge in [-0.2, -0.15) is 11.1 Å². The van der Waals surface area contributed by atoms with Gasteiger partial charge in [-0.05, 0) is 78.9 Å². The van der Waals surface area contributed by atoms with Crippen LogP contribution in [0.2, 0.25) is 18.1 Å². The molecule has 1 saturated heterocycles. The highest BCUT2D eigenvalue weighted by Gasteiger charge is 2.35. The van der Waals surface area contributed by atoms with E-state index in [1.165, 1.54) is 23.7 Å². The van der Waals surface area contributed by atoms with Crippen LogP contribution in [0.25, 0.3) is 0 Å². The molecule has 3 nitrogen and oxygen atoms in total. The van der Waals surface area contributed by atoms with E-state index in [4.69, 9.17) is 15.8 Å². The minimum atomic E-state index is -4.77. The monoisotopic (exact) mass is 456 g/mol. The van der Waals surface area contributed by atoms with E-state index in [9.17, 15) is 18.0 Å². The van der Waals surface area contributed by atoms with Gasteiger partial charge in [0.05, 0.1) is 5.56 Å². The number of carbonyl (C=O) groups is 1. The van der Waals surface area contributed by atoms with Crippen LogP contribution in [0, 0.1) is 0 Å². The molecule has 2 aromatic carbocycles. The third-order valence-corrected chi connectivity index (χ3v) is 10.9. The first-order valence-corrected chi connectivity index (χ1v) is 13.7. The number of carbonyl (C=O) groups excluding carboxylic acids is 1. The van der Waals surface area contributed by atoms with E-state index in [0.29, 0.717) is 11.7 Å². The average molecular weight is 457 g/mol. The van der Waals surface area contributed by atoms with Crippen molar-refractivity contribution < 1.29 is 27.4 Å². The molecule has 0 aromatic heterocycles. The van der Waals surface area contributed by atoms with E-state index in [1.807, 2.05) is 12.1 Å². The lowest BCUT2D eigenvalue weighted by atomic mass is 9.93. The Hall–Kier alpha value is -1.99. The third kappa shape index (κ3) is 6.25. The van der Waals surface area contributed by atoms with Gasteiger partial charge in [-0.25, -0.2) is 4.79 Å². The molecule has 2 aromatic rings. The number of halogens is 4. The van der Waals surface area contributed by atoms with E-state index < -0.39 is 19.7 Å². The van der Waals surface area contributed by atoms with E-state index in [0.717, 1.165) is 43.5 Å². The number of benzene rings is 2. The molecule has 1 aliphatic heterocycles. The van der Waals surface area contributed by atoms with Crippen molar-refractivity contribution in [1.82, 2.24) is 0 Å². The lowest BCUT2D eigenvalue weighted by Crippen LogP contribution is -2.31. The first kappa shape index (κ1) is 22.7. The fraction of sp³-hybridized carbons (Fsp3) is 0.409. The Kier molecular flexibility index (Phi) is 7.13. The molecule has 162 valence electrons. The Balaban J connectivity index is 1.56. The summed E-state index contributed by atoms with van der Waals surface area (Å²) >= 11 is 6.83. The molecule has 8 heteroatoms. The molecule has 0 saturated carbocycles. The molecule has 30 heavy (non-hydrogen) atoms. The number of esters is 1. The van der Waals surface area contributed by atoms with Gasteiger partial charge in [0.15, 0.2) is 7.38 Å². The fourth-order valence-corrected chi connectivity index (χ4v) is 8.53. The summed E-state index contributed by atoms with van der Waals surface area (Å²) in [6.07, 6.45) is -1.42. The van der Waals surface area contributed by atoms with E-state index in [-0.39, 0.29) is 11.3 Å². The standard InChI is InChI=1S/C22H24ClF3O3Si/c1-2-13-30(23)14-11-17(12-15-30)16-3-7-19(8-4-16)28-21(27)18-5-9-20(10-6-18)29-22(24,25)26/h3-10,17H,2,11-15H2,1H3. The van der Waals surface area contributed by atoms with Gasteiger partial charge < -0.3 is 9.47 Å². The van der Waals surface area contributed by atoms with E-state index in [1.54, 1.807) is 12.1 Å². The van der Waals surface area contributed by atoms with Gasteiger partial charge in [0.1, 0.15) is 11.5 Å². The van der Waals surface area contributed by atoms with E-state index in [2.05, 4.69) is 11.7 Å². The summed E-state index contributed by atoms with van der Waals surface area (Å²) in [6, 6.07) is 15.5. The molecule has 0 spiro atoms. The van der Waals surface area contributed by atoms with Gasteiger partial charge >= 0.3 is 12.3 Å². The minimum absolute atomic E-state index is 0.139. The van der Waals surface area contributed by atoms with Crippen LogP contribution < -0.4 is 9.47 Å². The topological polar surface area (TPSA) is 35.5 Å². The number of hydrogen-bond acceptors (Lipinski definition) is 3. The normalized spacial score (nSPS) is 21.8. The largest absolute Gasteiger partial charge is 0.573 e. The summed E-state index contributed by atoms with van der Waals surface area (Å²) in [6.45, 7) is 2.19. The predicted octanol–water partition coefficient (Wildman–Crippen LogP) is 7.28. The molecule has 1 fully saturated rings. The van der Waals surface area contributed by atoms with Crippen LogP contribution in [0.3, 0.4) is 0 Å². The summed E-state index contributed by atoms with van der Waals surface area (Å²) < 4.78 is 45.8.